The Bertz CT molecular complexity index is 1040. The van der Waals surface area contributed by atoms with Gasteiger partial charge in [0, 0.05) is 24.2 Å². The summed E-state index contributed by atoms with van der Waals surface area (Å²) in [6.45, 7) is 9.36. The summed E-state index contributed by atoms with van der Waals surface area (Å²) >= 11 is 6.35. The van der Waals surface area contributed by atoms with E-state index >= 15 is 0 Å². The predicted octanol–water partition coefficient (Wildman–Crippen LogP) is 3.92. The Kier molecular flexibility index (Phi) is 7.90. The molecule has 1 heterocycles. The molecule has 0 fully saturated rings. The van der Waals surface area contributed by atoms with E-state index in [4.69, 9.17) is 32.2 Å². The second kappa shape index (κ2) is 10.6. The van der Waals surface area contributed by atoms with Gasteiger partial charge in [-0.2, -0.15) is 5.90 Å². The van der Waals surface area contributed by atoms with Gasteiger partial charge >= 0.3 is 5.97 Å². The van der Waals surface area contributed by atoms with Crippen LogP contribution < -0.4 is 10.6 Å². The van der Waals surface area contributed by atoms with Crippen LogP contribution in [0.4, 0.5) is 0 Å². The van der Waals surface area contributed by atoms with Crippen LogP contribution in [0.3, 0.4) is 0 Å². The molecule has 170 valence electrons. The first-order chi connectivity index (χ1) is 15.3. The highest BCUT2D eigenvalue weighted by Gasteiger charge is 2.19. The van der Waals surface area contributed by atoms with Gasteiger partial charge < -0.3 is 14.7 Å². The molecular formula is C24H28ClN3O4. The van der Waals surface area contributed by atoms with E-state index in [9.17, 15) is 4.79 Å². The highest BCUT2D eigenvalue weighted by atomic mass is 35.5. The fourth-order valence-corrected chi connectivity index (χ4v) is 3.99. The third kappa shape index (κ3) is 5.88. The van der Waals surface area contributed by atoms with Gasteiger partial charge in [-0.25, -0.2) is 4.99 Å². The number of nitrogens with zero attached hydrogens (tertiary/aromatic N) is 2. The van der Waals surface area contributed by atoms with Gasteiger partial charge in [0.1, 0.15) is 5.75 Å². The fraction of sp³-hybridized carbons (Fsp3) is 0.333. The van der Waals surface area contributed by atoms with Gasteiger partial charge in [0.05, 0.1) is 23.4 Å². The van der Waals surface area contributed by atoms with Crippen LogP contribution in [0.1, 0.15) is 36.1 Å². The highest BCUT2D eigenvalue weighted by Crippen LogP contribution is 2.29. The lowest BCUT2D eigenvalue weighted by Gasteiger charge is -2.16. The number of hydrogen-bond acceptors (Lipinski definition) is 6. The third-order valence-corrected chi connectivity index (χ3v) is 5.50. The lowest BCUT2D eigenvalue weighted by Crippen LogP contribution is -2.31. The van der Waals surface area contributed by atoms with Crippen LogP contribution in [-0.2, 0) is 22.5 Å². The summed E-state index contributed by atoms with van der Waals surface area (Å²) in [7, 11) is 0. The maximum atomic E-state index is 11.1. The van der Waals surface area contributed by atoms with E-state index < -0.39 is 5.97 Å². The van der Waals surface area contributed by atoms with E-state index in [2.05, 4.69) is 17.6 Å². The Morgan fingerprint density at radius 2 is 2.03 bits per heavy atom. The van der Waals surface area contributed by atoms with Gasteiger partial charge in [-0.05, 0) is 56.0 Å². The van der Waals surface area contributed by atoms with Crippen LogP contribution in [0.2, 0.25) is 5.02 Å². The van der Waals surface area contributed by atoms with E-state index in [1.165, 1.54) is 5.56 Å². The Morgan fingerprint density at radius 1 is 1.28 bits per heavy atom. The second-order valence-electron chi connectivity index (χ2n) is 7.91. The third-order valence-electron chi connectivity index (χ3n) is 5.21. The maximum Gasteiger partial charge on any atom is 0.317 e. The zero-order chi connectivity index (χ0) is 23.3. The Balaban J connectivity index is 1.86. The zero-order valence-electron chi connectivity index (χ0n) is 18.3. The monoisotopic (exact) mass is 457 g/mol. The quantitative estimate of drug-likeness (QED) is 0.371. The summed E-state index contributed by atoms with van der Waals surface area (Å²) in [5.74, 6) is 5.45. The molecule has 0 spiro atoms. The first kappa shape index (κ1) is 23.8. The molecule has 32 heavy (non-hydrogen) atoms. The molecule has 3 rings (SSSR count). The van der Waals surface area contributed by atoms with Gasteiger partial charge in [0.15, 0.2) is 0 Å². The molecule has 7 nitrogen and oxygen atoms in total. The summed E-state index contributed by atoms with van der Waals surface area (Å²) in [5, 5.41) is 9.54. The topological polar surface area (TPSA) is 97.4 Å². The van der Waals surface area contributed by atoms with Crippen molar-refractivity contribution in [3.05, 3.63) is 70.3 Å². The van der Waals surface area contributed by atoms with Gasteiger partial charge in [-0.3, -0.25) is 9.69 Å². The van der Waals surface area contributed by atoms with Crippen molar-refractivity contribution in [1.82, 2.24) is 4.90 Å². The van der Waals surface area contributed by atoms with Crippen LogP contribution in [-0.4, -0.2) is 47.6 Å². The number of ether oxygens (including phenoxy) is 1. The van der Waals surface area contributed by atoms with Crippen molar-refractivity contribution in [2.45, 2.75) is 32.8 Å². The summed E-state index contributed by atoms with van der Waals surface area (Å²) < 4.78 is 5.67. The van der Waals surface area contributed by atoms with Crippen molar-refractivity contribution in [2.24, 2.45) is 10.9 Å². The number of carboxylic acid groups (broad SMARTS) is 1. The van der Waals surface area contributed by atoms with E-state index in [-0.39, 0.29) is 18.5 Å². The lowest BCUT2D eigenvalue weighted by atomic mass is 9.96. The summed E-state index contributed by atoms with van der Waals surface area (Å²) in [6.07, 6.45) is 1.47. The summed E-state index contributed by atoms with van der Waals surface area (Å²) in [6, 6.07) is 11.2. The molecule has 8 heteroatoms. The number of halogens is 1. The SMILES string of the molecule is C=C(/N=C(\ON)c1ccc(OC(C)C)c(Cl)c1)c1cccc2c1CCN(CC(=O)O)CC2. The van der Waals surface area contributed by atoms with Crippen LogP contribution in [0, 0.1) is 0 Å². The number of hydrogen-bond donors (Lipinski definition) is 2. The second-order valence-corrected chi connectivity index (χ2v) is 8.31. The normalized spacial score (nSPS) is 14.6. The summed E-state index contributed by atoms with van der Waals surface area (Å²) in [5.41, 5.74) is 4.28. The van der Waals surface area contributed by atoms with Crippen molar-refractivity contribution in [2.75, 3.05) is 19.6 Å². The minimum atomic E-state index is -0.821. The van der Waals surface area contributed by atoms with Crippen molar-refractivity contribution in [3.63, 3.8) is 0 Å². The minimum Gasteiger partial charge on any atom is -0.489 e. The van der Waals surface area contributed by atoms with Crippen molar-refractivity contribution < 1.29 is 19.5 Å². The molecule has 0 bridgehead atoms. The molecule has 0 saturated carbocycles. The van der Waals surface area contributed by atoms with Crippen LogP contribution in [0.15, 0.2) is 48.0 Å². The Hall–Kier alpha value is -2.87. The minimum absolute atomic E-state index is 0.00298. The Morgan fingerprint density at radius 3 is 2.69 bits per heavy atom. The molecule has 1 aliphatic rings. The van der Waals surface area contributed by atoms with Crippen LogP contribution in [0.5, 0.6) is 5.75 Å². The zero-order valence-corrected chi connectivity index (χ0v) is 19.1. The van der Waals surface area contributed by atoms with Gasteiger partial charge in [0.25, 0.3) is 0 Å². The smallest absolute Gasteiger partial charge is 0.317 e. The van der Waals surface area contributed by atoms with E-state index in [0.29, 0.717) is 41.5 Å². The fourth-order valence-electron chi connectivity index (χ4n) is 3.77. The van der Waals surface area contributed by atoms with Crippen molar-refractivity contribution >= 4 is 29.2 Å². The molecule has 0 aromatic heterocycles. The van der Waals surface area contributed by atoms with Crippen molar-refractivity contribution in [3.8, 4) is 5.75 Å². The number of aliphatic imine (C=N–C) groups is 1. The van der Waals surface area contributed by atoms with Gasteiger partial charge in [0.2, 0.25) is 5.90 Å². The maximum absolute atomic E-state index is 11.1. The first-order valence-electron chi connectivity index (χ1n) is 10.4. The molecule has 2 aromatic carbocycles. The molecule has 0 saturated heterocycles. The van der Waals surface area contributed by atoms with E-state index in [0.717, 1.165) is 17.5 Å². The molecule has 0 amide bonds. The Labute approximate surface area is 193 Å². The summed E-state index contributed by atoms with van der Waals surface area (Å²) in [4.78, 5) is 22.6. The number of rotatable bonds is 7. The number of carbonyl (C=O) groups is 1. The average molecular weight is 458 g/mol. The molecule has 1 aliphatic heterocycles. The first-order valence-corrected chi connectivity index (χ1v) is 10.8. The standard InChI is InChI=1S/C24H28ClN3O4/c1-15(2)31-22-8-7-18(13-21(22)25)24(32-26)27-16(3)19-6-4-5-17-9-11-28(14-23(29)30)12-10-20(17)19/h4-8,13,15H,3,9-12,14,26H2,1-2H3,(H,29,30)/b27-24-. The number of nitrogens with two attached hydrogens (primary N) is 1. The van der Waals surface area contributed by atoms with Crippen LogP contribution in [0.25, 0.3) is 5.70 Å². The molecule has 0 radical (unpaired) electrons. The van der Waals surface area contributed by atoms with E-state index in [1.807, 2.05) is 30.9 Å². The number of aliphatic carboxylic acids is 1. The lowest BCUT2D eigenvalue weighted by molar-refractivity contribution is -0.138. The largest absolute Gasteiger partial charge is 0.489 e. The molecule has 3 N–H and O–H groups in total. The molecule has 0 aliphatic carbocycles. The van der Waals surface area contributed by atoms with Crippen LogP contribution >= 0.6 is 11.6 Å². The molecule has 0 atom stereocenters. The number of carboxylic acids is 1. The number of fused-ring (bicyclic) bond motifs is 1. The van der Waals surface area contributed by atoms with Gasteiger partial charge in [-0.1, -0.05) is 36.4 Å². The molecule has 0 unspecified atom stereocenters. The van der Waals surface area contributed by atoms with E-state index in [1.54, 1.807) is 18.2 Å². The van der Waals surface area contributed by atoms with Gasteiger partial charge in [-0.15, -0.1) is 0 Å². The average Bonchev–Trinajstić information content (AvgIpc) is 2.95. The number of benzene rings is 2. The molecule has 2 aromatic rings. The predicted molar refractivity (Wildman–Crippen MR) is 126 cm³/mol. The van der Waals surface area contributed by atoms with Crippen molar-refractivity contribution in [1.29, 1.82) is 0 Å². The molecular weight excluding hydrogens is 430 g/mol. The highest BCUT2D eigenvalue weighted by molar-refractivity contribution is 6.32.